The number of hydrogen-bond acceptors (Lipinski definition) is 6. The third kappa shape index (κ3) is 3.10. The van der Waals surface area contributed by atoms with E-state index in [0.717, 1.165) is 5.56 Å². The molecule has 0 atom stereocenters. The van der Waals surface area contributed by atoms with Crippen LogP contribution in [-0.2, 0) is 13.6 Å². The fraction of sp³-hybridized carbons (Fsp3) is 0.0952. The van der Waals surface area contributed by atoms with Crippen molar-refractivity contribution in [2.24, 2.45) is 17.3 Å². The van der Waals surface area contributed by atoms with Crippen LogP contribution < -0.4 is 11.2 Å². The van der Waals surface area contributed by atoms with Gasteiger partial charge in [-0.3, -0.25) is 18.9 Å². The largest absolute Gasteiger partial charge is 0.493 e. The third-order valence-electron chi connectivity index (χ3n) is 5.07. The summed E-state index contributed by atoms with van der Waals surface area (Å²) in [6.07, 6.45) is 0. The van der Waals surface area contributed by atoms with Crippen molar-refractivity contribution in [3.8, 4) is 5.88 Å². The number of rotatable bonds is 4. The molecule has 154 valence electrons. The number of nitrogens with zero attached hydrogens (tertiary/aromatic N) is 5. The molecule has 0 saturated heterocycles. The molecule has 0 fully saturated rings. The average Bonchev–Trinajstić information content (AvgIpc) is 3.28. The van der Waals surface area contributed by atoms with E-state index in [4.69, 9.17) is 0 Å². The molecule has 0 bridgehead atoms. The van der Waals surface area contributed by atoms with Gasteiger partial charge in [-0.05, 0) is 11.6 Å². The highest BCUT2D eigenvalue weighted by Crippen LogP contribution is 2.36. The van der Waals surface area contributed by atoms with E-state index in [0.29, 0.717) is 17.4 Å². The minimum absolute atomic E-state index is 0.124. The van der Waals surface area contributed by atoms with Gasteiger partial charge in [0.05, 0.1) is 12.1 Å². The van der Waals surface area contributed by atoms with Gasteiger partial charge in [-0.25, -0.2) is 4.79 Å². The van der Waals surface area contributed by atoms with E-state index in [-0.39, 0.29) is 28.7 Å². The minimum Gasteiger partial charge on any atom is -0.493 e. The number of azo groups is 1. The number of aromatic hydroxyl groups is 1. The Bertz CT molecular complexity index is 1570. The van der Waals surface area contributed by atoms with Gasteiger partial charge in [0.25, 0.3) is 11.5 Å². The van der Waals surface area contributed by atoms with Crippen molar-refractivity contribution in [2.75, 3.05) is 0 Å². The van der Waals surface area contributed by atoms with Gasteiger partial charge in [0.15, 0.2) is 16.9 Å². The first-order valence-electron chi connectivity index (χ1n) is 9.48. The molecule has 5 aromatic rings. The lowest BCUT2D eigenvalue weighted by atomic mass is 10.2. The Morgan fingerprint density at radius 2 is 1.74 bits per heavy atom. The van der Waals surface area contributed by atoms with E-state index in [1.54, 1.807) is 10.6 Å². The number of nitrogens with one attached hydrogen (secondary N) is 2. The van der Waals surface area contributed by atoms with E-state index in [2.05, 4.69) is 25.2 Å². The molecule has 0 aliphatic heterocycles. The molecule has 2 aromatic carbocycles. The maximum atomic E-state index is 12.6. The Balaban J connectivity index is 1.71. The fourth-order valence-electron chi connectivity index (χ4n) is 3.52. The van der Waals surface area contributed by atoms with Gasteiger partial charge in [-0.1, -0.05) is 48.5 Å². The van der Waals surface area contributed by atoms with Crippen molar-refractivity contribution in [2.45, 2.75) is 6.54 Å². The van der Waals surface area contributed by atoms with Gasteiger partial charge in [0.2, 0.25) is 5.88 Å². The molecule has 3 N–H and O–H groups in total. The van der Waals surface area contributed by atoms with Gasteiger partial charge < -0.3 is 10.1 Å². The number of benzene rings is 2. The van der Waals surface area contributed by atoms with Crippen LogP contribution in [0.5, 0.6) is 5.88 Å². The normalized spacial score (nSPS) is 11.8. The molecule has 5 rings (SSSR count). The molecular formula is C21H17N7O3. The standard InChI is InChI=1S/C21H17N7O3/c1-27-17-16(19(30)24-21(27)31)28(11-12-7-3-2-4-8-12)20(23-17)26-25-15-13-9-5-6-10-14(13)22-18(15)29/h2-10,22,29H,11H2,1H3,(H,24,30,31). The highest BCUT2D eigenvalue weighted by atomic mass is 16.3. The fourth-order valence-corrected chi connectivity index (χ4v) is 3.52. The number of hydrogen-bond donors (Lipinski definition) is 3. The zero-order valence-corrected chi connectivity index (χ0v) is 16.4. The molecule has 3 heterocycles. The number of H-pyrrole nitrogens is 2. The van der Waals surface area contributed by atoms with Crippen molar-refractivity contribution in [3.05, 3.63) is 81.0 Å². The molecular weight excluding hydrogens is 398 g/mol. The van der Waals surface area contributed by atoms with Crippen molar-refractivity contribution in [1.82, 2.24) is 24.1 Å². The van der Waals surface area contributed by atoms with E-state index >= 15 is 0 Å². The summed E-state index contributed by atoms with van der Waals surface area (Å²) in [4.78, 5) is 34.2. The first-order valence-corrected chi connectivity index (χ1v) is 9.48. The average molecular weight is 415 g/mol. The van der Waals surface area contributed by atoms with E-state index < -0.39 is 11.2 Å². The first-order chi connectivity index (χ1) is 15.0. The number of para-hydroxylation sites is 1. The zero-order chi connectivity index (χ0) is 21.5. The van der Waals surface area contributed by atoms with Crippen LogP contribution in [0, 0.1) is 0 Å². The van der Waals surface area contributed by atoms with Crippen LogP contribution in [-0.4, -0.2) is 29.2 Å². The van der Waals surface area contributed by atoms with Crippen LogP contribution >= 0.6 is 0 Å². The minimum atomic E-state index is -0.570. The first kappa shape index (κ1) is 18.6. The van der Waals surface area contributed by atoms with Crippen LogP contribution in [0.25, 0.3) is 22.1 Å². The van der Waals surface area contributed by atoms with Crippen molar-refractivity contribution < 1.29 is 5.11 Å². The lowest BCUT2D eigenvalue weighted by molar-refractivity contribution is 0.459. The highest BCUT2D eigenvalue weighted by Gasteiger charge is 2.18. The maximum absolute atomic E-state index is 12.6. The molecule has 0 amide bonds. The summed E-state index contributed by atoms with van der Waals surface area (Å²) < 4.78 is 2.85. The Morgan fingerprint density at radius 3 is 2.55 bits per heavy atom. The van der Waals surface area contributed by atoms with Crippen LogP contribution in [0.3, 0.4) is 0 Å². The Morgan fingerprint density at radius 1 is 1.00 bits per heavy atom. The quantitative estimate of drug-likeness (QED) is 0.389. The van der Waals surface area contributed by atoms with Gasteiger partial charge in [-0.15, -0.1) is 10.2 Å². The summed E-state index contributed by atoms with van der Waals surface area (Å²) in [5, 5.41) is 19.4. The second kappa shape index (κ2) is 7.10. The third-order valence-corrected chi connectivity index (χ3v) is 5.07. The Kier molecular flexibility index (Phi) is 4.25. The predicted octanol–water partition coefficient (Wildman–Crippen LogP) is 3.07. The van der Waals surface area contributed by atoms with Crippen LogP contribution in [0.4, 0.5) is 11.6 Å². The summed E-state index contributed by atoms with van der Waals surface area (Å²) >= 11 is 0. The number of aromatic nitrogens is 5. The molecule has 0 aliphatic rings. The van der Waals surface area contributed by atoms with E-state index in [9.17, 15) is 14.7 Å². The van der Waals surface area contributed by atoms with E-state index in [1.165, 1.54) is 11.6 Å². The monoisotopic (exact) mass is 415 g/mol. The molecule has 0 aliphatic carbocycles. The molecule has 0 radical (unpaired) electrons. The van der Waals surface area contributed by atoms with Crippen molar-refractivity contribution in [1.29, 1.82) is 0 Å². The smallest absolute Gasteiger partial charge is 0.329 e. The Hall–Kier alpha value is -4.47. The molecule has 31 heavy (non-hydrogen) atoms. The highest BCUT2D eigenvalue weighted by molar-refractivity contribution is 5.94. The topological polar surface area (TPSA) is 133 Å². The number of aryl methyl sites for hydroxylation is 1. The van der Waals surface area contributed by atoms with Gasteiger partial charge >= 0.3 is 5.69 Å². The second-order valence-corrected chi connectivity index (χ2v) is 7.04. The number of imidazole rings is 1. The SMILES string of the molecule is Cn1c(=O)[nH]c(=O)c2c1nc(N=Nc1c(O)[nH]c3ccccc13)n2Cc1ccccc1. The lowest BCUT2D eigenvalue weighted by Crippen LogP contribution is -2.29. The van der Waals surface area contributed by atoms with Crippen molar-refractivity contribution >= 4 is 33.7 Å². The van der Waals surface area contributed by atoms with Crippen LogP contribution in [0.15, 0.2) is 74.4 Å². The van der Waals surface area contributed by atoms with Gasteiger partial charge in [0, 0.05) is 12.4 Å². The van der Waals surface area contributed by atoms with Crippen LogP contribution in [0.1, 0.15) is 5.56 Å². The molecule has 10 nitrogen and oxygen atoms in total. The summed E-state index contributed by atoms with van der Waals surface area (Å²) in [5.74, 6) is 0.0103. The summed E-state index contributed by atoms with van der Waals surface area (Å²) in [6.45, 7) is 0.298. The molecule has 3 aromatic heterocycles. The maximum Gasteiger partial charge on any atom is 0.329 e. The van der Waals surface area contributed by atoms with Gasteiger partial charge in [-0.2, -0.15) is 4.98 Å². The summed E-state index contributed by atoms with van der Waals surface area (Å²) in [6, 6.07) is 16.8. The van der Waals surface area contributed by atoms with Crippen LogP contribution in [0.2, 0.25) is 0 Å². The molecule has 10 heteroatoms. The zero-order valence-electron chi connectivity index (χ0n) is 16.4. The second-order valence-electron chi connectivity index (χ2n) is 7.04. The lowest BCUT2D eigenvalue weighted by Gasteiger charge is -2.06. The molecule has 0 unspecified atom stereocenters. The van der Waals surface area contributed by atoms with E-state index in [1.807, 2.05) is 48.5 Å². The predicted molar refractivity (Wildman–Crippen MR) is 115 cm³/mol. The Labute approximate surface area is 174 Å². The van der Waals surface area contributed by atoms with Crippen molar-refractivity contribution in [3.63, 3.8) is 0 Å². The number of aromatic amines is 2. The van der Waals surface area contributed by atoms with Gasteiger partial charge in [0.1, 0.15) is 0 Å². The summed E-state index contributed by atoms with van der Waals surface area (Å²) in [7, 11) is 1.52. The molecule has 0 saturated carbocycles. The summed E-state index contributed by atoms with van der Waals surface area (Å²) in [5.41, 5.74) is 1.17. The number of fused-ring (bicyclic) bond motifs is 2. The molecule has 0 spiro atoms.